The topological polar surface area (TPSA) is 39.1 Å². The molecule has 0 aliphatic heterocycles. The fraction of sp³-hybridized carbons (Fsp3) is 0.357. The van der Waals surface area contributed by atoms with Crippen molar-refractivity contribution in [2.24, 2.45) is 0 Å². The largest absolute Gasteiger partial charge is 0.492 e. The van der Waals surface area contributed by atoms with Crippen LogP contribution in [0.3, 0.4) is 0 Å². The van der Waals surface area contributed by atoms with Gasteiger partial charge in [-0.2, -0.15) is 0 Å². The van der Waals surface area contributed by atoms with E-state index in [-0.39, 0.29) is 0 Å². The predicted molar refractivity (Wildman–Crippen MR) is 73.1 cm³/mol. The first kappa shape index (κ1) is 12.5. The molecule has 1 heterocycles. The first-order valence-corrected chi connectivity index (χ1v) is 6.24. The quantitative estimate of drug-likeness (QED) is 0.795. The Morgan fingerprint density at radius 2 is 2.28 bits per heavy atom. The third-order valence-corrected chi connectivity index (χ3v) is 2.70. The van der Waals surface area contributed by atoms with Gasteiger partial charge in [0, 0.05) is 18.9 Å². The van der Waals surface area contributed by atoms with Crippen LogP contribution in [0.5, 0.6) is 5.75 Å². The monoisotopic (exact) mass is 245 g/mol. The average molecular weight is 245 g/mol. The lowest BCUT2D eigenvalue weighted by atomic mass is 10.2. The van der Waals surface area contributed by atoms with Crippen LogP contribution in [0.25, 0.3) is 0 Å². The summed E-state index contributed by atoms with van der Waals surface area (Å²) in [5.74, 6) is 1.81. The Morgan fingerprint density at radius 3 is 3.06 bits per heavy atom. The zero-order valence-corrected chi connectivity index (χ0v) is 10.9. The molecule has 1 aromatic carbocycles. The Hall–Kier alpha value is -1.97. The van der Waals surface area contributed by atoms with E-state index in [1.54, 1.807) is 6.20 Å². The molecule has 0 saturated carbocycles. The number of rotatable bonds is 6. The summed E-state index contributed by atoms with van der Waals surface area (Å²) in [6, 6.07) is 8.07. The zero-order chi connectivity index (χ0) is 12.8. The van der Waals surface area contributed by atoms with E-state index in [1.165, 1.54) is 5.56 Å². The van der Waals surface area contributed by atoms with Crippen molar-refractivity contribution in [1.82, 2.24) is 9.55 Å². The molecule has 0 atom stereocenters. The van der Waals surface area contributed by atoms with E-state index < -0.39 is 0 Å². The van der Waals surface area contributed by atoms with Crippen LogP contribution in [-0.2, 0) is 6.54 Å². The number of imidazole rings is 1. The first-order valence-electron chi connectivity index (χ1n) is 6.24. The van der Waals surface area contributed by atoms with Crippen LogP contribution in [0, 0.1) is 6.92 Å². The number of aromatic nitrogens is 2. The summed E-state index contributed by atoms with van der Waals surface area (Å²) in [7, 11) is 0. The van der Waals surface area contributed by atoms with Crippen LogP contribution in [0.1, 0.15) is 12.5 Å². The fourth-order valence-electron chi connectivity index (χ4n) is 1.77. The van der Waals surface area contributed by atoms with E-state index >= 15 is 0 Å². The minimum Gasteiger partial charge on any atom is -0.492 e. The molecule has 1 N–H and O–H groups in total. The Labute approximate surface area is 108 Å². The van der Waals surface area contributed by atoms with Crippen LogP contribution in [0.2, 0.25) is 0 Å². The molecular weight excluding hydrogens is 226 g/mol. The normalized spacial score (nSPS) is 10.3. The zero-order valence-electron chi connectivity index (χ0n) is 10.9. The number of hydrogen-bond acceptors (Lipinski definition) is 3. The van der Waals surface area contributed by atoms with E-state index in [4.69, 9.17) is 4.74 Å². The Kier molecular flexibility index (Phi) is 4.23. The minimum atomic E-state index is 0.625. The van der Waals surface area contributed by atoms with Crippen LogP contribution < -0.4 is 10.1 Å². The molecule has 4 heteroatoms. The van der Waals surface area contributed by atoms with Gasteiger partial charge in [-0.3, -0.25) is 0 Å². The number of aryl methyl sites for hydroxylation is 2. The van der Waals surface area contributed by atoms with Gasteiger partial charge in [-0.15, -0.1) is 0 Å². The lowest BCUT2D eigenvalue weighted by Crippen LogP contribution is -2.14. The molecule has 0 aliphatic rings. The number of hydrogen-bond donors (Lipinski definition) is 1. The van der Waals surface area contributed by atoms with E-state index in [0.29, 0.717) is 6.61 Å². The van der Waals surface area contributed by atoms with Crippen molar-refractivity contribution in [3.63, 3.8) is 0 Å². The summed E-state index contributed by atoms with van der Waals surface area (Å²) in [5, 5.41) is 3.26. The molecule has 0 aliphatic carbocycles. The van der Waals surface area contributed by atoms with Crippen LogP contribution in [0.15, 0.2) is 36.7 Å². The maximum absolute atomic E-state index is 5.66. The predicted octanol–water partition coefficient (Wildman–Crippen LogP) is 2.70. The van der Waals surface area contributed by atoms with Crippen molar-refractivity contribution in [2.75, 3.05) is 18.5 Å². The standard InChI is InChI=1S/C14H19N3O/c1-3-17-9-7-15-14(17)16-8-10-18-13-6-4-5-12(2)11-13/h4-7,9,11H,3,8,10H2,1-2H3,(H,15,16). The summed E-state index contributed by atoms with van der Waals surface area (Å²) >= 11 is 0. The summed E-state index contributed by atoms with van der Waals surface area (Å²) in [5.41, 5.74) is 1.21. The van der Waals surface area contributed by atoms with Crippen molar-refractivity contribution in [2.45, 2.75) is 20.4 Å². The highest BCUT2D eigenvalue weighted by atomic mass is 16.5. The molecule has 18 heavy (non-hydrogen) atoms. The van der Waals surface area contributed by atoms with Crippen LogP contribution in [-0.4, -0.2) is 22.7 Å². The van der Waals surface area contributed by atoms with E-state index in [1.807, 2.05) is 24.4 Å². The van der Waals surface area contributed by atoms with E-state index in [0.717, 1.165) is 24.8 Å². The molecule has 0 unspecified atom stereocenters. The highest BCUT2D eigenvalue weighted by molar-refractivity contribution is 5.28. The summed E-state index contributed by atoms with van der Waals surface area (Å²) in [4.78, 5) is 4.24. The van der Waals surface area contributed by atoms with E-state index in [2.05, 4.69) is 34.8 Å². The lowest BCUT2D eigenvalue weighted by Gasteiger charge is -2.09. The van der Waals surface area contributed by atoms with Crippen LogP contribution in [0.4, 0.5) is 5.95 Å². The van der Waals surface area contributed by atoms with Crippen molar-refractivity contribution in [3.05, 3.63) is 42.2 Å². The number of ether oxygens (including phenoxy) is 1. The van der Waals surface area contributed by atoms with Crippen molar-refractivity contribution >= 4 is 5.95 Å². The van der Waals surface area contributed by atoms with Gasteiger partial charge in [-0.25, -0.2) is 4.98 Å². The van der Waals surface area contributed by atoms with E-state index in [9.17, 15) is 0 Å². The fourth-order valence-corrected chi connectivity index (χ4v) is 1.77. The second kappa shape index (κ2) is 6.10. The highest BCUT2D eigenvalue weighted by Crippen LogP contribution is 2.12. The summed E-state index contributed by atoms with van der Waals surface area (Å²) < 4.78 is 7.72. The molecule has 1 aromatic heterocycles. The van der Waals surface area contributed by atoms with Gasteiger partial charge in [0.25, 0.3) is 0 Å². The van der Waals surface area contributed by atoms with Gasteiger partial charge in [0.1, 0.15) is 12.4 Å². The Morgan fingerprint density at radius 1 is 1.39 bits per heavy atom. The molecule has 0 amide bonds. The lowest BCUT2D eigenvalue weighted by molar-refractivity contribution is 0.332. The van der Waals surface area contributed by atoms with Crippen molar-refractivity contribution < 1.29 is 4.74 Å². The van der Waals surface area contributed by atoms with Crippen LogP contribution >= 0.6 is 0 Å². The third-order valence-electron chi connectivity index (χ3n) is 2.70. The van der Waals surface area contributed by atoms with Crippen molar-refractivity contribution in [3.8, 4) is 5.75 Å². The first-order chi connectivity index (χ1) is 8.79. The van der Waals surface area contributed by atoms with Gasteiger partial charge < -0.3 is 14.6 Å². The number of benzene rings is 1. The molecule has 0 spiro atoms. The van der Waals surface area contributed by atoms with Gasteiger partial charge in [0.2, 0.25) is 5.95 Å². The minimum absolute atomic E-state index is 0.625. The molecule has 0 bridgehead atoms. The maximum atomic E-state index is 5.66. The Balaban J connectivity index is 1.76. The van der Waals surface area contributed by atoms with Gasteiger partial charge in [0.05, 0.1) is 6.54 Å². The second-order valence-corrected chi connectivity index (χ2v) is 4.13. The molecule has 0 saturated heterocycles. The van der Waals surface area contributed by atoms with Gasteiger partial charge in [-0.05, 0) is 31.5 Å². The summed E-state index contributed by atoms with van der Waals surface area (Å²) in [6.07, 6.45) is 3.76. The average Bonchev–Trinajstić information content (AvgIpc) is 2.82. The molecule has 0 radical (unpaired) electrons. The smallest absolute Gasteiger partial charge is 0.202 e. The third kappa shape index (κ3) is 3.26. The molecule has 2 aromatic rings. The summed E-state index contributed by atoms with van der Waals surface area (Å²) in [6.45, 7) is 6.44. The molecule has 0 fully saturated rings. The highest BCUT2D eigenvalue weighted by Gasteiger charge is 1.99. The van der Waals surface area contributed by atoms with Gasteiger partial charge in [0.15, 0.2) is 0 Å². The Bertz CT molecular complexity index is 493. The molecule has 2 rings (SSSR count). The van der Waals surface area contributed by atoms with Gasteiger partial charge in [-0.1, -0.05) is 12.1 Å². The number of nitrogens with zero attached hydrogens (tertiary/aromatic N) is 2. The SMILES string of the molecule is CCn1ccnc1NCCOc1cccc(C)c1. The maximum Gasteiger partial charge on any atom is 0.202 e. The number of anilines is 1. The molecule has 4 nitrogen and oxygen atoms in total. The number of nitrogens with one attached hydrogen (secondary N) is 1. The van der Waals surface area contributed by atoms with Gasteiger partial charge >= 0.3 is 0 Å². The molecule has 96 valence electrons. The molecular formula is C14H19N3O. The second-order valence-electron chi connectivity index (χ2n) is 4.13. The van der Waals surface area contributed by atoms with Crippen molar-refractivity contribution in [1.29, 1.82) is 0 Å².